The third kappa shape index (κ3) is 3.94. The molecule has 1 amide bonds. The van der Waals surface area contributed by atoms with Crippen molar-refractivity contribution >= 4 is 27.6 Å². The number of hydrogen-bond acceptors (Lipinski definition) is 3. The first-order valence-electron chi connectivity index (χ1n) is 6.40. The van der Waals surface area contributed by atoms with Crippen molar-refractivity contribution in [3.8, 4) is 0 Å². The van der Waals surface area contributed by atoms with Gasteiger partial charge in [0.05, 0.1) is 30.5 Å². The van der Waals surface area contributed by atoms with Crippen LogP contribution in [0.4, 0.5) is 17.6 Å². The first-order chi connectivity index (χ1) is 9.77. The Morgan fingerprint density at radius 1 is 1.38 bits per heavy atom. The average Bonchev–Trinajstić information content (AvgIpc) is 2.91. The molecule has 0 aromatic rings. The summed E-state index contributed by atoms with van der Waals surface area (Å²) in [5.41, 5.74) is 0. The lowest BCUT2D eigenvalue weighted by Crippen LogP contribution is -2.55. The van der Waals surface area contributed by atoms with Crippen LogP contribution in [0.15, 0.2) is 0 Å². The van der Waals surface area contributed by atoms with Gasteiger partial charge in [-0.25, -0.2) is 8.78 Å². The Morgan fingerprint density at radius 2 is 2.00 bits per heavy atom. The number of rotatable bonds is 7. The molecule has 122 valence electrons. The average molecular weight is 378 g/mol. The zero-order valence-electron chi connectivity index (χ0n) is 11.3. The van der Waals surface area contributed by atoms with E-state index in [1.165, 1.54) is 0 Å². The van der Waals surface area contributed by atoms with E-state index in [0.29, 0.717) is 11.3 Å². The fraction of sp³-hybridized carbons (Fsp3) is 0.833. The maximum atomic E-state index is 13.3. The largest absolute Gasteiger partial charge is 0.383 e. The lowest BCUT2D eigenvalue weighted by Gasteiger charge is -2.33. The van der Waals surface area contributed by atoms with Gasteiger partial charge in [-0.05, 0) is 6.42 Å². The maximum absolute atomic E-state index is 13.3. The second-order valence-electron chi connectivity index (χ2n) is 4.73. The Bertz CT molecular complexity index is 395. The predicted octanol–water partition coefficient (Wildman–Crippen LogP) is 2.10. The van der Waals surface area contributed by atoms with E-state index in [2.05, 4.69) is 15.9 Å². The van der Waals surface area contributed by atoms with Crippen LogP contribution in [0, 0.1) is 5.92 Å². The van der Waals surface area contributed by atoms with E-state index in [4.69, 9.17) is 4.74 Å². The number of alkyl halides is 5. The summed E-state index contributed by atoms with van der Waals surface area (Å²) < 4.78 is 56.4. The molecule has 0 N–H and O–H groups in total. The molecule has 0 saturated carbocycles. The van der Waals surface area contributed by atoms with Crippen LogP contribution in [0.5, 0.6) is 0 Å². The molecule has 21 heavy (non-hydrogen) atoms. The van der Waals surface area contributed by atoms with Crippen LogP contribution in [-0.4, -0.2) is 60.1 Å². The Hall–Kier alpha value is -0.700. The molecule has 2 unspecified atom stereocenters. The number of ether oxygens (including phenoxy) is 1. The normalized spacial score (nSPS) is 22.6. The minimum Gasteiger partial charge on any atom is -0.378 e. The van der Waals surface area contributed by atoms with E-state index in [0.717, 1.165) is 0 Å². The quantitative estimate of drug-likeness (QED) is 0.504. The van der Waals surface area contributed by atoms with Crippen molar-refractivity contribution in [1.29, 1.82) is 0 Å². The molecule has 4 nitrogen and oxygen atoms in total. The van der Waals surface area contributed by atoms with Crippen molar-refractivity contribution in [3.63, 3.8) is 0 Å². The minimum atomic E-state index is -4.76. The van der Waals surface area contributed by atoms with Crippen LogP contribution in [0.25, 0.3) is 0 Å². The Labute approximate surface area is 127 Å². The van der Waals surface area contributed by atoms with Gasteiger partial charge in [0.15, 0.2) is 5.78 Å². The highest BCUT2D eigenvalue weighted by Gasteiger charge is 2.53. The lowest BCUT2D eigenvalue weighted by atomic mass is 9.97. The number of Topliss-reactive ketones (excluding diaryl/α,β-unsaturated/α-hetero) is 1. The summed E-state index contributed by atoms with van der Waals surface area (Å²) in [6.07, 6.45) is -3.78. The van der Waals surface area contributed by atoms with Crippen LogP contribution in [0.2, 0.25) is 0 Å². The highest BCUT2D eigenvalue weighted by Crippen LogP contribution is 2.30. The van der Waals surface area contributed by atoms with Crippen LogP contribution >= 0.6 is 15.9 Å². The SMILES string of the molecule is CCCN(C(=O)C(F)(F)C(F)F)C1COCC1C(=O)CBr. The first-order valence-corrected chi connectivity index (χ1v) is 7.52. The number of hydrogen-bond donors (Lipinski definition) is 0. The second kappa shape index (κ2) is 7.53. The van der Waals surface area contributed by atoms with Crippen LogP contribution in [0.3, 0.4) is 0 Å². The molecule has 0 aromatic carbocycles. The third-order valence-electron chi connectivity index (χ3n) is 3.28. The smallest absolute Gasteiger partial charge is 0.378 e. The maximum Gasteiger partial charge on any atom is 0.383 e. The van der Waals surface area contributed by atoms with E-state index in [1.54, 1.807) is 6.92 Å². The van der Waals surface area contributed by atoms with Gasteiger partial charge in [-0.2, -0.15) is 8.78 Å². The number of ketones is 1. The van der Waals surface area contributed by atoms with Gasteiger partial charge in [-0.3, -0.25) is 9.59 Å². The number of nitrogens with zero attached hydrogens (tertiary/aromatic N) is 1. The van der Waals surface area contributed by atoms with E-state index in [9.17, 15) is 27.2 Å². The van der Waals surface area contributed by atoms with Gasteiger partial charge in [0, 0.05) is 6.54 Å². The van der Waals surface area contributed by atoms with Gasteiger partial charge in [0.1, 0.15) is 0 Å². The van der Waals surface area contributed by atoms with Gasteiger partial charge in [0.25, 0.3) is 5.91 Å². The van der Waals surface area contributed by atoms with Gasteiger partial charge >= 0.3 is 12.3 Å². The molecule has 0 spiro atoms. The summed E-state index contributed by atoms with van der Waals surface area (Å²) in [7, 11) is 0. The molecule has 0 aliphatic carbocycles. The summed E-state index contributed by atoms with van der Waals surface area (Å²) in [4.78, 5) is 24.2. The molecule has 1 aliphatic rings. The van der Waals surface area contributed by atoms with Crippen LogP contribution < -0.4 is 0 Å². The van der Waals surface area contributed by atoms with Crippen LogP contribution in [0.1, 0.15) is 13.3 Å². The van der Waals surface area contributed by atoms with E-state index >= 15 is 0 Å². The Balaban J connectivity index is 3.00. The first kappa shape index (κ1) is 18.3. The van der Waals surface area contributed by atoms with Crippen molar-refractivity contribution in [2.24, 2.45) is 5.92 Å². The molecule has 9 heteroatoms. The fourth-order valence-corrected chi connectivity index (χ4v) is 2.62. The summed E-state index contributed by atoms with van der Waals surface area (Å²) in [6, 6.07) is -0.938. The number of carbonyl (C=O) groups excluding carboxylic acids is 2. The van der Waals surface area contributed by atoms with Gasteiger partial charge in [-0.1, -0.05) is 22.9 Å². The zero-order valence-corrected chi connectivity index (χ0v) is 12.9. The number of carbonyl (C=O) groups is 2. The van der Waals surface area contributed by atoms with Crippen molar-refractivity contribution in [2.45, 2.75) is 31.7 Å². The summed E-state index contributed by atoms with van der Waals surface area (Å²) >= 11 is 2.96. The number of halogens is 5. The van der Waals surface area contributed by atoms with E-state index < -0.39 is 30.2 Å². The monoisotopic (exact) mass is 377 g/mol. The Kier molecular flexibility index (Phi) is 6.58. The van der Waals surface area contributed by atoms with Gasteiger partial charge in [-0.15, -0.1) is 0 Å². The lowest BCUT2D eigenvalue weighted by molar-refractivity contribution is -0.183. The molecule has 1 heterocycles. The molecule has 2 atom stereocenters. The number of amides is 1. The predicted molar refractivity (Wildman–Crippen MR) is 69.9 cm³/mol. The topological polar surface area (TPSA) is 46.6 Å². The third-order valence-corrected chi connectivity index (χ3v) is 3.83. The minimum absolute atomic E-state index is 0.0111. The Morgan fingerprint density at radius 3 is 2.48 bits per heavy atom. The van der Waals surface area contributed by atoms with E-state index in [1.807, 2.05) is 0 Å². The van der Waals surface area contributed by atoms with Crippen molar-refractivity contribution < 1.29 is 31.9 Å². The molecule has 1 aliphatic heterocycles. The highest BCUT2D eigenvalue weighted by atomic mass is 79.9. The fourth-order valence-electron chi connectivity index (χ4n) is 2.20. The van der Waals surface area contributed by atoms with Crippen molar-refractivity contribution in [3.05, 3.63) is 0 Å². The molecular formula is C12H16BrF4NO3. The molecule has 1 fully saturated rings. The molecule has 1 saturated heterocycles. The summed E-state index contributed by atoms with van der Waals surface area (Å²) in [6.45, 7) is 1.36. The standard InChI is InChI=1S/C12H16BrF4NO3/c1-2-3-18(11(20)12(16,17)10(14)15)8-6-21-5-7(8)9(19)4-13/h7-8,10H,2-6H2,1H3. The van der Waals surface area contributed by atoms with Crippen molar-refractivity contribution in [1.82, 2.24) is 4.90 Å². The highest BCUT2D eigenvalue weighted by molar-refractivity contribution is 9.09. The zero-order chi connectivity index (χ0) is 16.2. The van der Waals surface area contributed by atoms with Gasteiger partial charge in [0.2, 0.25) is 0 Å². The molecule has 1 rings (SSSR count). The molecule has 0 radical (unpaired) electrons. The second-order valence-corrected chi connectivity index (χ2v) is 5.29. The molecule has 0 aromatic heterocycles. The van der Waals surface area contributed by atoms with Crippen LogP contribution in [-0.2, 0) is 14.3 Å². The molecular weight excluding hydrogens is 362 g/mol. The summed E-state index contributed by atoms with van der Waals surface area (Å²) in [5.74, 6) is -7.82. The van der Waals surface area contributed by atoms with Crippen molar-refractivity contribution in [2.75, 3.05) is 25.1 Å². The van der Waals surface area contributed by atoms with Gasteiger partial charge < -0.3 is 9.64 Å². The summed E-state index contributed by atoms with van der Waals surface area (Å²) in [5, 5.41) is -0.0169. The molecule has 0 bridgehead atoms. The van der Waals surface area contributed by atoms with E-state index in [-0.39, 0.29) is 30.9 Å².